The average molecular weight is 531 g/mol. The number of aromatic nitrogens is 5. The van der Waals surface area contributed by atoms with Gasteiger partial charge < -0.3 is 14.3 Å². The highest BCUT2D eigenvalue weighted by Crippen LogP contribution is 2.52. The van der Waals surface area contributed by atoms with Crippen LogP contribution in [0.1, 0.15) is 69.1 Å². The zero-order chi connectivity index (χ0) is 27.3. The number of hydrogen-bond donors (Lipinski definition) is 1. The summed E-state index contributed by atoms with van der Waals surface area (Å²) in [6.45, 7) is 12.0. The number of halogens is 1. The maximum atomic E-state index is 16.3. The molecule has 0 bridgehead atoms. The quantitative estimate of drug-likeness (QED) is 0.310. The SMILES string of the molecule is CCOc1cc(C2(c3nncn3C)CC(C)C2)cc(-c2cc(C)c3cc(CN4CCC[C@H](C)C4)[nH]c3c2F)n1. The first-order chi connectivity index (χ1) is 18.8. The van der Waals surface area contributed by atoms with E-state index in [0.29, 0.717) is 41.1 Å². The molecule has 6 rings (SSSR count). The summed E-state index contributed by atoms with van der Waals surface area (Å²) in [7, 11) is 1.98. The molecule has 1 aliphatic carbocycles. The molecule has 2 fully saturated rings. The lowest BCUT2D eigenvalue weighted by atomic mass is 9.58. The van der Waals surface area contributed by atoms with E-state index in [4.69, 9.17) is 9.72 Å². The summed E-state index contributed by atoms with van der Waals surface area (Å²) in [5.41, 5.74) is 4.46. The Morgan fingerprint density at radius 3 is 2.67 bits per heavy atom. The van der Waals surface area contributed by atoms with Gasteiger partial charge in [-0.25, -0.2) is 9.37 Å². The molecule has 1 saturated heterocycles. The third kappa shape index (κ3) is 4.62. The Kier molecular flexibility index (Phi) is 6.69. The molecule has 0 spiro atoms. The summed E-state index contributed by atoms with van der Waals surface area (Å²) in [5, 5.41) is 9.59. The molecule has 0 unspecified atom stereocenters. The van der Waals surface area contributed by atoms with Crippen molar-refractivity contribution in [1.82, 2.24) is 29.6 Å². The number of nitrogens with one attached hydrogen (secondary N) is 1. The topological polar surface area (TPSA) is 71.9 Å². The highest BCUT2D eigenvalue weighted by molar-refractivity contribution is 5.89. The van der Waals surface area contributed by atoms with E-state index in [1.165, 1.54) is 12.8 Å². The summed E-state index contributed by atoms with van der Waals surface area (Å²) in [4.78, 5) is 10.7. The zero-order valence-electron chi connectivity index (χ0n) is 23.7. The van der Waals surface area contributed by atoms with Gasteiger partial charge in [0.1, 0.15) is 12.2 Å². The summed E-state index contributed by atoms with van der Waals surface area (Å²) in [6.07, 6.45) is 6.15. The number of hydrogen-bond acceptors (Lipinski definition) is 5. The number of piperidine rings is 1. The molecule has 8 heteroatoms. The molecule has 3 aromatic heterocycles. The van der Waals surface area contributed by atoms with Gasteiger partial charge >= 0.3 is 0 Å². The minimum Gasteiger partial charge on any atom is -0.478 e. The monoisotopic (exact) mass is 530 g/mol. The number of fused-ring (bicyclic) bond motifs is 1. The molecule has 0 radical (unpaired) electrons. The van der Waals surface area contributed by atoms with Gasteiger partial charge in [-0.2, -0.15) is 0 Å². The van der Waals surface area contributed by atoms with Crippen molar-refractivity contribution in [3.63, 3.8) is 0 Å². The first-order valence-corrected chi connectivity index (χ1v) is 14.3. The van der Waals surface area contributed by atoms with Crippen molar-refractivity contribution in [3.8, 4) is 17.1 Å². The number of likely N-dealkylation sites (tertiary alicyclic amines) is 1. The Morgan fingerprint density at radius 1 is 1.15 bits per heavy atom. The predicted octanol–water partition coefficient (Wildman–Crippen LogP) is 6.15. The van der Waals surface area contributed by atoms with Crippen LogP contribution in [0.25, 0.3) is 22.2 Å². The van der Waals surface area contributed by atoms with E-state index in [2.05, 4.69) is 40.0 Å². The number of aryl methyl sites for hydroxylation is 2. The lowest BCUT2D eigenvalue weighted by Gasteiger charge is -2.46. The molecule has 1 aliphatic heterocycles. The molecule has 2 aliphatic rings. The van der Waals surface area contributed by atoms with E-state index in [0.717, 1.165) is 60.5 Å². The molecule has 1 aromatic carbocycles. The Bertz CT molecular complexity index is 1500. The Labute approximate surface area is 229 Å². The molecule has 4 heterocycles. The number of H-pyrrole nitrogens is 1. The first-order valence-electron chi connectivity index (χ1n) is 14.3. The van der Waals surface area contributed by atoms with Gasteiger partial charge in [0, 0.05) is 42.8 Å². The van der Waals surface area contributed by atoms with E-state index < -0.39 is 0 Å². The highest BCUT2D eigenvalue weighted by atomic mass is 19.1. The second-order valence-electron chi connectivity index (χ2n) is 12.0. The number of ether oxygens (including phenoxy) is 1. The smallest absolute Gasteiger partial charge is 0.214 e. The molecule has 206 valence electrons. The second kappa shape index (κ2) is 10.0. The number of nitrogens with zero attached hydrogens (tertiary/aromatic N) is 5. The van der Waals surface area contributed by atoms with Crippen molar-refractivity contribution in [2.24, 2.45) is 18.9 Å². The number of aromatic amines is 1. The Balaban J connectivity index is 1.43. The van der Waals surface area contributed by atoms with Gasteiger partial charge in [0.25, 0.3) is 0 Å². The first kappa shape index (κ1) is 26.0. The van der Waals surface area contributed by atoms with Crippen LogP contribution in [0.3, 0.4) is 0 Å². The van der Waals surface area contributed by atoms with E-state index >= 15 is 4.39 Å². The molecule has 1 saturated carbocycles. The molecule has 39 heavy (non-hydrogen) atoms. The molecule has 1 N–H and O–H groups in total. The summed E-state index contributed by atoms with van der Waals surface area (Å²) >= 11 is 0. The van der Waals surface area contributed by atoms with Crippen LogP contribution in [0.5, 0.6) is 5.88 Å². The molecule has 4 aromatic rings. The second-order valence-corrected chi connectivity index (χ2v) is 12.0. The van der Waals surface area contributed by atoms with E-state index in [1.807, 2.05) is 43.7 Å². The maximum absolute atomic E-state index is 16.3. The van der Waals surface area contributed by atoms with Crippen LogP contribution in [0.4, 0.5) is 4.39 Å². The lowest BCUT2D eigenvalue weighted by molar-refractivity contribution is 0.175. The van der Waals surface area contributed by atoms with Crippen molar-refractivity contribution in [3.05, 3.63) is 59.1 Å². The number of rotatable bonds is 7. The Hall–Kier alpha value is -3.26. The number of benzene rings is 1. The van der Waals surface area contributed by atoms with Crippen molar-refractivity contribution in [1.29, 1.82) is 0 Å². The van der Waals surface area contributed by atoms with E-state index in [-0.39, 0.29) is 11.2 Å². The van der Waals surface area contributed by atoms with Gasteiger partial charge in [0.2, 0.25) is 5.88 Å². The van der Waals surface area contributed by atoms with Crippen molar-refractivity contribution < 1.29 is 9.13 Å². The molecular weight excluding hydrogens is 491 g/mol. The molecule has 1 atom stereocenters. The normalized spacial score (nSPS) is 23.7. The standard InChI is InChI=1S/C31H39FN6O/c1-6-39-27-12-22(31(14-20(3)15-31)30-36-33-18-37(30)5)11-26(35-27)25-10-21(4)24-13-23(34-29(24)28(25)32)17-38-9-7-8-19(2)16-38/h10-13,18-20,34H,6-9,14-17H2,1-5H3/t19-,20?,31?/m0/s1. The molecule has 7 nitrogen and oxygen atoms in total. The van der Waals surface area contributed by atoms with Gasteiger partial charge in [-0.05, 0) is 87.2 Å². The van der Waals surface area contributed by atoms with Crippen LogP contribution in [-0.2, 0) is 19.0 Å². The lowest BCUT2D eigenvalue weighted by Crippen LogP contribution is -2.43. The largest absolute Gasteiger partial charge is 0.478 e. The van der Waals surface area contributed by atoms with E-state index in [1.54, 1.807) is 6.33 Å². The fourth-order valence-electron chi connectivity index (χ4n) is 6.96. The van der Waals surface area contributed by atoms with Gasteiger partial charge in [0.05, 0.1) is 23.2 Å². The fourth-order valence-corrected chi connectivity index (χ4v) is 6.96. The van der Waals surface area contributed by atoms with Crippen LogP contribution in [0.15, 0.2) is 30.6 Å². The van der Waals surface area contributed by atoms with Crippen molar-refractivity contribution in [2.45, 2.75) is 65.3 Å². The summed E-state index contributed by atoms with van der Waals surface area (Å²) in [6, 6.07) is 8.08. The predicted molar refractivity (Wildman–Crippen MR) is 151 cm³/mol. The third-order valence-electron chi connectivity index (χ3n) is 8.71. The summed E-state index contributed by atoms with van der Waals surface area (Å²) in [5.74, 6) is 2.43. The number of pyridine rings is 1. The fraction of sp³-hybridized carbons (Fsp3) is 0.516. The average Bonchev–Trinajstić information content (AvgIpc) is 3.51. The van der Waals surface area contributed by atoms with E-state index in [9.17, 15) is 0 Å². The zero-order valence-corrected chi connectivity index (χ0v) is 23.7. The van der Waals surface area contributed by atoms with Crippen molar-refractivity contribution in [2.75, 3.05) is 19.7 Å². The minimum absolute atomic E-state index is 0.268. The van der Waals surface area contributed by atoms with Crippen LogP contribution in [0.2, 0.25) is 0 Å². The maximum Gasteiger partial charge on any atom is 0.214 e. The molecule has 0 amide bonds. The van der Waals surface area contributed by atoms with Gasteiger partial charge in [-0.3, -0.25) is 4.90 Å². The Morgan fingerprint density at radius 2 is 1.97 bits per heavy atom. The van der Waals surface area contributed by atoms with Crippen molar-refractivity contribution >= 4 is 10.9 Å². The highest BCUT2D eigenvalue weighted by Gasteiger charge is 2.48. The minimum atomic E-state index is -0.297. The van der Waals surface area contributed by atoms with Crippen LogP contribution in [-0.4, -0.2) is 49.3 Å². The summed E-state index contributed by atoms with van der Waals surface area (Å²) < 4.78 is 24.2. The molecular formula is C31H39FN6O. The van der Waals surface area contributed by atoms with Crippen LogP contribution in [0, 0.1) is 24.6 Å². The van der Waals surface area contributed by atoms with Gasteiger partial charge in [-0.1, -0.05) is 13.8 Å². The third-order valence-corrected chi connectivity index (χ3v) is 8.71. The van der Waals surface area contributed by atoms with Crippen LogP contribution >= 0.6 is 0 Å². The van der Waals surface area contributed by atoms with Gasteiger partial charge in [0.15, 0.2) is 5.82 Å². The van der Waals surface area contributed by atoms with Crippen LogP contribution < -0.4 is 4.74 Å². The van der Waals surface area contributed by atoms with Gasteiger partial charge in [-0.15, -0.1) is 10.2 Å².